The van der Waals surface area contributed by atoms with Gasteiger partial charge in [0.15, 0.2) is 6.61 Å². The largest absolute Gasteiger partial charge is 0.479 e. The summed E-state index contributed by atoms with van der Waals surface area (Å²) in [6.45, 7) is 2.26. The van der Waals surface area contributed by atoms with E-state index in [1.54, 1.807) is 6.07 Å². The van der Waals surface area contributed by atoms with Gasteiger partial charge in [-0.05, 0) is 30.7 Å². The van der Waals surface area contributed by atoms with Crippen molar-refractivity contribution in [2.24, 2.45) is 0 Å². The Labute approximate surface area is 145 Å². The lowest BCUT2D eigenvalue weighted by atomic mass is 10.1. The summed E-state index contributed by atoms with van der Waals surface area (Å²) in [5, 5.41) is 9.45. The van der Waals surface area contributed by atoms with Crippen molar-refractivity contribution in [3.63, 3.8) is 0 Å². The maximum absolute atomic E-state index is 12.6. The zero-order chi connectivity index (χ0) is 17.6. The number of benzene rings is 1. The van der Waals surface area contributed by atoms with E-state index < -0.39 is 0 Å². The highest BCUT2D eigenvalue weighted by atomic mass is 16.5. The first-order chi connectivity index (χ1) is 12.3. The zero-order valence-electron chi connectivity index (χ0n) is 13.9. The zero-order valence-corrected chi connectivity index (χ0v) is 13.9. The smallest absolute Gasteiger partial charge is 0.341 e. The van der Waals surface area contributed by atoms with Gasteiger partial charge in [-0.1, -0.05) is 25.1 Å². The fraction of sp³-hybridized carbons (Fsp3) is 0.200. The van der Waals surface area contributed by atoms with E-state index in [0.717, 1.165) is 22.8 Å². The van der Waals surface area contributed by atoms with Gasteiger partial charge in [0.25, 0.3) is 0 Å². The standard InChI is InChI=1S/C20H18N2O3/c1-2-3-6-12-25-20(23)19-16-9-8-15(24-13-10-21)14-18(16)22-11-5-4-7-17(19)22/h3-9,11,14H,2,12-13H2,1H3/b6-3-. The number of pyridine rings is 1. The highest BCUT2D eigenvalue weighted by molar-refractivity contribution is 6.11. The number of nitriles is 1. The van der Waals surface area contributed by atoms with Gasteiger partial charge in [0, 0.05) is 17.6 Å². The molecule has 25 heavy (non-hydrogen) atoms. The van der Waals surface area contributed by atoms with E-state index >= 15 is 0 Å². The molecule has 0 radical (unpaired) electrons. The number of carbonyl (C=O) groups excluding carboxylic acids is 1. The van der Waals surface area contributed by atoms with Crippen molar-refractivity contribution in [3.8, 4) is 11.8 Å². The summed E-state index contributed by atoms with van der Waals surface area (Å²) >= 11 is 0. The SMILES string of the molecule is CC/C=C\COC(=O)c1c2ccc(OCC#N)cc2n2ccccc12. The highest BCUT2D eigenvalue weighted by Crippen LogP contribution is 2.30. The van der Waals surface area contributed by atoms with Crippen LogP contribution in [0.4, 0.5) is 0 Å². The fourth-order valence-electron chi connectivity index (χ4n) is 2.77. The van der Waals surface area contributed by atoms with E-state index in [4.69, 9.17) is 14.7 Å². The first-order valence-corrected chi connectivity index (χ1v) is 8.11. The molecule has 0 saturated carbocycles. The summed E-state index contributed by atoms with van der Waals surface area (Å²) in [7, 11) is 0. The molecule has 126 valence electrons. The molecular weight excluding hydrogens is 316 g/mol. The Balaban J connectivity index is 2.05. The lowest BCUT2D eigenvalue weighted by Gasteiger charge is -2.03. The summed E-state index contributed by atoms with van der Waals surface area (Å²) < 4.78 is 12.7. The first-order valence-electron chi connectivity index (χ1n) is 8.11. The van der Waals surface area contributed by atoms with Crippen LogP contribution in [0.2, 0.25) is 0 Å². The van der Waals surface area contributed by atoms with Gasteiger partial charge in [-0.25, -0.2) is 4.79 Å². The molecule has 0 N–H and O–H groups in total. The van der Waals surface area contributed by atoms with E-state index in [1.807, 2.05) is 66.1 Å². The van der Waals surface area contributed by atoms with Crippen LogP contribution in [0, 0.1) is 11.3 Å². The van der Waals surface area contributed by atoms with Crippen LogP contribution in [0.1, 0.15) is 23.7 Å². The molecule has 3 rings (SSSR count). The fourth-order valence-corrected chi connectivity index (χ4v) is 2.77. The minimum Gasteiger partial charge on any atom is -0.479 e. The maximum Gasteiger partial charge on any atom is 0.341 e. The number of esters is 1. The normalized spacial score (nSPS) is 11.0. The molecule has 0 saturated heterocycles. The van der Waals surface area contributed by atoms with Gasteiger partial charge in [0.2, 0.25) is 0 Å². The van der Waals surface area contributed by atoms with Crippen LogP contribution in [0.25, 0.3) is 16.4 Å². The van der Waals surface area contributed by atoms with Crippen molar-refractivity contribution in [1.29, 1.82) is 5.26 Å². The third-order valence-corrected chi connectivity index (χ3v) is 3.83. The first kappa shape index (κ1) is 16.6. The highest BCUT2D eigenvalue weighted by Gasteiger charge is 2.19. The van der Waals surface area contributed by atoms with Crippen molar-refractivity contribution in [2.45, 2.75) is 13.3 Å². The molecule has 0 aliphatic carbocycles. The third-order valence-electron chi connectivity index (χ3n) is 3.83. The second-order valence-corrected chi connectivity index (χ2v) is 5.43. The van der Waals surface area contributed by atoms with Gasteiger partial charge < -0.3 is 13.9 Å². The van der Waals surface area contributed by atoms with Crippen LogP contribution < -0.4 is 4.74 Å². The number of aromatic nitrogens is 1. The van der Waals surface area contributed by atoms with Crippen LogP contribution in [0.15, 0.2) is 54.7 Å². The average molecular weight is 334 g/mol. The van der Waals surface area contributed by atoms with Crippen molar-refractivity contribution in [2.75, 3.05) is 13.2 Å². The van der Waals surface area contributed by atoms with Gasteiger partial charge in [-0.15, -0.1) is 0 Å². The van der Waals surface area contributed by atoms with Crippen molar-refractivity contribution < 1.29 is 14.3 Å². The minimum atomic E-state index is -0.356. The number of fused-ring (bicyclic) bond motifs is 3. The number of nitrogens with zero attached hydrogens (tertiary/aromatic N) is 2. The summed E-state index contributed by atoms with van der Waals surface area (Å²) in [6.07, 6.45) is 6.59. The average Bonchev–Trinajstić information content (AvgIpc) is 2.97. The molecule has 3 aromatic rings. The number of hydrogen-bond donors (Lipinski definition) is 0. The molecule has 0 bridgehead atoms. The predicted octanol–water partition coefficient (Wildman–Crippen LogP) is 4.12. The van der Waals surface area contributed by atoms with Gasteiger partial charge >= 0.3 is 5.97 Å². The summed E-state index contributed by atoms with van der Waals surface area (Å²) in [5.74, 6) is 0.230. The number of ether oxygens (including phenoxy) is 2. The molecule has 2 aromatic heterocycles. The minimum absolute atomic E-state index is 0.0204. The lowest BCUT2D eigenvalue weighted by molar-refractivity contribution is 0.0554. The van der Waals surface area contributed by atoms with E-state index in [0.29, 0.717) is 11.3 Å². The molecule has 1 aromatic carbocycles. The Kier molecular flexibility index (Phi) is 5.00. The van der Waals surface area contributed by atoms with Gasteiger partial charge in [-0.2, -0.15) is 5.26 Å². The number of carbonyl (C=O) groups is 1. The Hall–Kier alpha value is -3.26. The van der Waals surface area contributed by atoms with Crippen LogP contribution in [-0.2, 0) is 4.74 Å². The van der Waals surface area contributed by atoms with Crippen LogP contribution >= 0.6 is 0 Å². The Bertz CT molecular complexity index is 980. The quantitative estimate of drug-likeness (QED) is 0.502. The van der Waals surface area contributed by atoms with Gasteiger partial charge in [0.05, 0.1) is 16.6 Å². The molecule has 0 unspecified atom stereocenters. The van der Waals surface area contributed by atoms with Crippen LogP contribution in [0.5, 0.6) is 5.75 Å². The van der Waals surface area contributed by atoms with Crippen molar-refractivity contribution in [1.82, 2.24) is 4.40 Å². The van der Waals surface area contributed by atoms with Crippen molar-refractivity contribution >= 4 is 22.4 Å². The molecule has 0 aliphatic rings. The third kappa shape index (κ3) is 3.33. The monoisotopic (exact) mass is 334 g/mol. The predicted molar refractivity (Wildman–Crippen MR) is 95.7 cm³/mol. The molecule has 0 atom stereocenters. The topological polar surface area (TPSA) is 63.7 Å². The van der Waals surface area contributed by atoms with Crippen LogP contribution in [0.3, 0.4) is 0 Å². The van der Waals surface area contributed by atoms with E-state index in [1.165, 1.54) is 0 Å². The number of rotatable bonds is 6. The van der Waals surface area contributed by atoms with E-state index in [-0.39, 0.29) is 19.2 Å². The second-order valence-electron chi connectivity index (χ2n) is 5.43. The number of hydrogen-bond acceptors (Lipinski definition) is 4. The molecular formula is C20H18N2O3. The van der Waals surface area contributed by atoms with Gasteiger partial charge in [0.1, 0.15) is 18.4 Å². The Morgan fingerprint density at radius 1 is 1.24 bits per heavy atom. The summed E-state index contributed by atoms with van der Waals surface area (Å²) in [4.78, 5) is 12.6. The number of allylic oxidation sites excluding steroid dienone is 1. The molecule has 2 heterocycles. The van der Waals surface area contributed by atoms with Crippen LogP contribution in [-0.4, -0.2) is 23.6 Å². The molecule has 0 amide bonds. The lowest BCUT2D eigenvalue weighted by Crippen LogP contribution is -2.05. The van der Waals surface area contributed by atoms with Gasteiger partial charge in [-0.3, -0.25) is 0 Å². The van der Waals surface area contributed by atoms with Crippen molar-refractivity contribution in [3.05, 3.63) is 60.3 Å². The molecule has 0 aliphatic heterocycles. The maximum atomic E-state index is 12.6. The molecule has 5 nitrogen and oxygen atoms in total. The molecule has 0 fully saturated rings. The summed E-state index contributed by atoms with van der Waals surface area (Å²) in [6, 6.07) is 13.0. The van der Waals surface area contributed by atoms with E-state index in [9.17, 15) is 4.79 Å². The van der Waals surface area contributed by atoms with E-state index in [2.05, 4.69) is 0 Å². The molecule has 5 heteroatoms. The Morgan fingerprint density at radius 3 is 2.92 bits per heavy atom. The second kappa shape index (κ2) is 7.54. The summed E-state index contributed by atoms with van der Waals surface area (Å²) in [5.41, 5.74) is 2.15. The molecule has 0 spiro atoms. The Morgan fingerprint density at radius 2 is 2.12 bits per heavy atom.